The lowest BCUT2D eigenvalue weighted by Gasteiger charge is -2.24. The standard InChI is InChI=1S/C18H20BrNO4S/c1-4-11-20(14-7-6-8-15(12-14)24-5-2)25(21,22)16-9-10-18(23-3)17(19)13-16/h4,6-10,12-13H,1,5,11H2,2-3H3. The van der Waals surface area contributed by atoms with Crippen molar-refractivity contribution in [1.82, 2.24) is 0 Å². The van der Waals surface area contributed by atoms with Gasteiger partial charge < -0.3 is 9.47 Å². The van der Waals surface area contributed by atoms with Gasteiger partial charge in [0.2, 0.25) is 0 Å². The lowest BCUT2D eigenvalue weighted by molar-refractivity contribution is 0.340. The van der Waals surface area contributed by atoms with E-state index in [2.05, 4.69) is 22.5 Å². The van der Waals surface area contributed by atoms with Crippen LogP contribution in [0.25, 0.3) is 0 Å². The lowest BCUT2D eigenvalue weighted by atomic mass is 10.3. The molecule has 0 aliphatic carbocycles. The second-order valence-corrected chi connectivity index (χ2v) is 7.77. The number of sulfonamides is 1. The van der Waals surface area contributed by atoms with E-state index in [9.17, 15) is 8.42 Å². The number of hydrogen-bond acceptors (Lipinski definition) is 4. The number of anilines is 1. The third kappa shape index (κ3) is 4.35. The predicted octanol–water partition coefficient (Wildman–Crippen LogP) is 4.24. The molecule has 2 rings (SSSR count). The molecule has 0 aromatic heterocycles. The van der Waals surface area contributed by atoms with E-state index < -0.39 is 10.0 Å². The van der Waals surface area contributed by atoms with E-state index in [-0.39, 0.29) is 11.4 Å². The van der Waals surface area contributed by atoms with Crippen LogP contribution in [-0.4, -0.2) is 28.7 Å². The highest BCUT2D eigenvalue weighted by molar-refractivity contribution is 9.10. The summed E-state index contributed by atoms with van der Waals surface area (Å²) in [4.78, 5) is 0.156. The van der Waals surface area contributed by atoms with Crippen LogP contribution in [0.2, 0.25) is 0 Å². The van der Waals surface area contributed by atoms with Gasteiger partial charge in [-0.1, -0.05) is 12.1 Å². The molecule has 0 heterocycles. The SMILES string of the molecule is C=CCN(c1cccc(OCC)c1)S(=O)(=O)c1ccc(OC)c(Br)c1. The number of rotatable bonds is 8. The monoisotopic (exact) mass is 425 g/mol. The van der Waals surface area contributed by atoms with Gasteiger partial charge in [0, 0.05) is 6.07 Å². The number of methoxy groups -OCH3 is 1. The largest absolute Gasteiger partial charge is 0.496 e. The van der Waals surface area contributed by atoms with Gasteiger partial charge in [-0.15, -0.1) is 6.58 Å². The van der Waals surface area contributed by atoms with Gasteiger partial charge in [0.25, 0.3) is 10.0 Å². The Balaban J connectivity index is 2.49. The molecule has 7 heteroatoms. The fraction of sp³-hybridized carbons (Fsp3) is 0.222. The molecule has 134 valence electrons. The summed E-state index contributed by atoms with van der Waals surface area (Å²) in [5.74, 6) is 1.17. The number of benzene rings is 2. The van der Waals surface area contributed by atoms with Crippen molar-refractivity contribution < 1.29 is 17.9 Å². The molecule has 0 unspecified atom stereocenters. The minimum Gasteiger partial charge on any atom is -0.496 e. The highest BCUT2D eigenvalue weighted by atomic mass is 79.9. The van der Waals surface area contributed by atoms with Crippen molar-refractivity contribution in [2.75, 3.05) is 24.6 Å². The predicted molar refractivity (Wildman–Crippen MR) is 103 cm³/mol. The molecule has 5 nitrogen and oxygen atoms in total. The molecule has 0 amide bonds. The Labute approximate surface area is 157 Å². The molecule has 0 saturated heterocycles. The van der Waals surface area contributed by atoms with Crippen LogP contribution in [0, 0.1) is 0 Å². The number of hydrogen-bond donors (Lipinski definition) is 0. The zero-order valence-electron chi connectivity index (χ0n) is 14.1. The minimum atomic E-state index is -3.77. The van der Waals surface area contributed by atoms with Crippen LogP contribution < -0.4 is 13.8 Å². The van der Waals surface area contributed by atoms with Crippen molar-refractivity contribution in [2.45, 2.75) is 11.8 Å². The summed E-state index contributed by atoms with van der Waals surface area (Å²) in [6, 6.07) is 11.6. The normalized spacial score (nSPS) is 11.0. The Morgan fingerprint density at radius 1 is 1.24 bits per heavy atom. The summed E-state index contributed by atoms with van der Waals surface area (Å²) in [6.45, 7) is 6.19. The Morgan fingerprint density at radius 2 is 2.00 bits per heavy atom. The summed E-state index contributed by atoms with van der Waals surface area (Å²) in [6.07, 6.45) is 1.55. The van der Waals surface area contributed by atoms with Crippen molar-refractivity contribution in [3.63, 3.8) is 0 Å². The van der Waals surface area contributed by atoms with E-state index in [0.717, 1.165) is 0 Å². The molecule has 2 aromatic rings. The summed E-state index contributed by atoms with van der Waals surface area (Å²) >= 11 is 3.33. The summed E-state index contributed by atoms with van der Waals surface area (Å²) in [7, 11) is -2.25. The molecule has 0 N–H and O–H groups in total. The maximum atomic E-state index is 13.1. The van der Waals surface area contributed by atoms with Crippen LogP contribution in [0.1, 0.15) is 6.92 Å². The summed E-state index contributed by atoms with van der Waals surface area (Å²) in [5, 5.41) is 0. The zero-order valence-corrected chi connectivity index (χ0v) is 16.5. The van der Waals surface area contributed by atoms with Crippen LogP contribution in [0.5, 0.6) is 11.5 Å². The molecule has 0 atom stereocenters. The average molecular weight is 426 g/mol. The van der Waals surface area contributed by atoms with Gasteiger partial charge in [0.15, 0.2) is 0 Å². The van der Waals surface area contributed by atoms with Crippen LogP contribution in [0.3, 0.4) is 0 Å². The Bertz CT molecular complexity index is 852. The molecule has 0 aliphatic rings. The Kier molecular flexibility index (Phi) is 6.50. The van der Waals surface area contributed by atoms with Crippen molar-refractivity contribution in [3.8, 4) is 11.5 Å². The molecule has 2 aromatic carbocycles. The first-order chi connectivity index (χ1) is 11.9. The summed E-state index contributed by atoms with van der Waals surface area (Å²) in [5.41, 5.74) is 0.512. The van der Waals surface area contributed by atoms with Gasteiger partial charge in [-0.25, -0.2) is 8.42 Å². The van der Waals surface area contributed by atoms with E-state index in [1.165, 1.54) is 23.5 Å². The van der Waals surface area contributed by atoms with Gasteiger partial charge in [-0.3, -0.25) is 4.31 Å². The average Bonchev–Trinajstić information content (AvgIpc) is 2.60. The fourth-order valence-electron chi connectivity index (χ4n) is 2.29. The van der Waals surface area contributed by atoms with Crippen molar-refractivity contribution in [3.05, 3.63) is 59.6 Å². The third-order valence-electron chi connectivity index (χ3n) is 3.42. The lowest BCUT2D eigenvalue weighted by Crippen LogP contribution is -2.31. The second kappa shape index (κ2) is 8.40. The third-order valence-corrected chi connectivity index (χ3v) is 5.83. The van der Waals surface area contributed by atoms with Gasteiger partial charge in [0.1, 0.15) is 11.5 Å². The molecule has 0 fully saturated rings. The quantitative estimate of drug-likeness (QED) is 0.593. The first-order valence-corrected chi connectivity index (χ1v) is 9.87. The first kappa shape index (κ1) is 19.3. The number of nitrogens with zero attached hydrogens (tertiary/aromatic N) is 1. The van der Waals surface area contributed by atoms with Crippen LogP contribution in [-0.2, 0) is 10.0 Å². The van der Waals surface area contributed by atoms with Crippen LogP contribution in [0.4, 0.5) is 5.69 Å². The van der Waals surface area contributed by atoms with Gasteiger partial charge in [0.05, 0.1) is 35.3 Å². The molecule has 0 saturated carbocycles. The minimum absolute atomic E-state index is 0.140. The highest BCUT2D eigenvalue weighted by Crippen LogP contribution is 2.31. The maximum Gasteiger partial charge on any atom is 0.264 e. The van der Waals surface area contributed by atoms with Crippen LogP contribution >= 0.6 is 15.9 Å². The maximum absolute atomic E-state index is 13.1. The van der Waals surface area contributed by atoms with E-state index in [1.54, 1.807) is 36.4 Å². The van der Waals surface area contributed by atoms with Crippen molar-refractivity contribution in [1.29, 1.82) is 0 Å². The molecule has 0 bridgehead atoms. The second-order valence-electron chi connectivity index (χ2n) is 5.05. The molecule has 0 radical (unpaired) electrons. The number of halogens is 1. The fourth-order valence-corrected chi connectivity index (χ4v) is 4.44. The molecule has 0 aliphatic heterocycles. The van der Waals surface area contributed by atoms with Gasteiger partial charge in [-0.05, 0) is 53.2 Å². The van der Waals surface area contributed by atoms with E-state index in [1.807, 2.05) is 6.92 Å². The van der Waals surface area contributed by atoms with Crippen molar-refractivity contribution >= 4 is 31.6 Å². The smallest absolute Gasteiger partial charge is 0.264 e. The van der Waals surface area contributed by atoms with Gasteiger partial charge >= 0.3 is 0 Å². The van der Waals surface area contributed by atoms with E-state index >= 15 is 0 Å². The highest BCUT2D eigenvalue weighted by Gasteiger charge is 2.25. The van der Waals surface area contributed by atoms with Crippen LogP contribution in [0.15, 0.2) is 64.5 Å². The molecule has 0 spiro atoms. The molecular weight excluding hydrogens is 406 g/mol. The van der Waals surface area contributed by atoms with Gasteiger partial charge in [-0.2, -0.15) is 0 Å². The molecular formula is C18H20BrNO4S. The van der Waals surface area contributed by atoms with Crippen molar-refractivity contribution in [2.24, 2.45) is 0 Å². The first-order valence-electron chi connectivity index (χ1n) is 7.64. The van der Waals surface area contributed by atoms with E-state index in [4.69, 9.17) is 9.47 Å². The Morgan fingerprint density at radius 3 is 2.60 bits per heavy atom. The topological polar surface area (TPSA) is 55.8 Å². The zero-order chi connectivity index (χ0) is 18.4. The Hall–Kier alpha value is -1.99. The molecule has 25 heavy (non-hydrogen) atoms. The van der Waals surface area contributed by atoms with E-state index in [0.29, 0.717) is 28.3 Å². The number of ether oxygens (including phenoxy) is 2. The summed E-state index contributed by atoms with van der Waals surface area (Å²) < 4.78 is 38.7.